The maximum absolute atomic E-state index is 13.5. The molecule has 10 heteroatoms. The van der Waals surface area contributed by atoms with Gasteiger partial charge in [-0.3, -0.25) is 0 Å². The number of aromatic nitrogens is 4. The van der Waals surface area contributed by atoms with E-state index in [1.165, 1.54) is 12.1 Å². The predicted molar refractivity (Wildman–Crippen MR) is 119 cm³/mol. The number of halogens is 1. The van der Waals surface area contributed by atoms with Crippen molar-refractivity contribution in [1.29, 1.82) is 0 Å². The molecule has 9 nitrogen and oxygen atoms in total. The van der Waals surface area contributed by atoms with Gasteiger partial charge in [0, 0.05) is 24.8 Å². The largest absolute Gasteiger partial charge is 0.353 e. The lowest BCUT2D eigenvalue weighted by Gasteiger charge is -2.33. The number of imidazole rings is 1. The number of benzene rings is 1. The molecule has 2 aromatic heterocycles. The molecule has 32 heavy (non-hydrogen) atoms. The van der Waals surface area contributed by atoms with Gasteiger partial charge in [-0.1, -0.05) is 0 Å². The van der Waals surface area contributed by atoms with Crippen molar-refractivity contribution in [2.75, 3.05) is 45.7 Å². The summed E-state index contributed by atoms with van der Waals surface area (Å²) in [5, 5.41) is 3.22. The number of rotatable bonds is 7. The van der Waals surface area contributed by atoms with E-state index in [0.29, 0.717) is 48.6 Å². The lowest BCUT2D eigenvalue weighted by Crippen LogP contribution is -2.50. The zero-order chi connectivity index (χ0) is 22.7. The predicted octanol–water partition coefficient (Wildman–Crippen LogP) is 2.41. The van der Waals surface area contributed by atoms with E-state index in [1.54, 1.807) is 24.4 Å². The minimum absolute atomic E-state index is 0.318. The highest BCUT2D eigenvalue weighted by molar-refractivity contribution is 5.77. The van der Waals surface area contributed by atoms with Gasteiger partial charge < -0.3 is 30.4 Å². The van der Waals surface area contributed by atoms with Gasteiger partial charge in [0.25, 0.3) is 0 Å². The Hall–Kier alpha value is -2.92. The van der Waals surface area contributed by atoms with Gasteiger partial charge in [-0.15, -0.1) is 0 Å². The molecular weight excluding hydrogens is 413 g/mol. The van der Waals surface area contributed by atoms with Crippen LogP contribution in [0.3, 0.4) is 0 Å². The summed E-state index contributed by atoms with van der Waals surface area (Å²) >= 11 is 0. The van der Waals surface area contributed by atoms with Crippen LogP contribution in [0.5, 0.6) is 0 Å². The lowest BCUT2D eigenvalue weighted by molar-refractivity contribution is -0.211. The number of likely N-dealkylation sites (N-methyl/N-ethyl adjacent to an activating group) is 1. The second-order valence-corrected chi connectivity index (χ2v) is 8.46. The molecule has 0 amide bonds. The van der Waals surface area contributed by atoms with E-state index in [4.69, 9.17) is 20.2 Å². The van der Waals surface area contributed by atoms with Gasteiger partial charge in [0.15, 0.2) is 5.82 Å². The first-order valence-electron chi connectivity index (χ1n) is 10.4. The minimum atomic E-state index is -0.681. The van der Waals surface area contributed by atoms with E-state index in [-0.39, 0.29) is 5.82 Å². The molecule has 0 radical (unpaired) electrons. The van der Waals surface area contributed by atoms with E-state index < -0.39 is 11.8 Å². The maximum atomic E-state index is 13.5. The summed E-state index contributed by atoms with van der Waals surface area (Å²) in [6, 6.07) is 7.94. The van der Waals surface area contributed by atoms with Crippen LogP contribution in [0.4, 0.5) is 10.3 Å². The number of hydrogen-bond acceptors (Lipinski definition) is 8. The molecule has 0 aliphatic carbocycles. The quantitative estimate of drug-likeness (QED) is 0.512. The molecule has 0 unspecified atom stereocenters. The van der Waals surface area contributed by atoms with Gasteiger partial charge in [0.2, 0.25) is 12.2 Å². The number of nitrogens with two attached hydrogens (primary N) is 1. The standard InChI is InChI=1S/C22H28FN7O2/c1-22(24)12-31-20(32-13-22)19-28-17(14-4-6-15(23)7-5-14)18(29-19)16-8-9-25-21(27-16)26-10-11-30(2)3/h4-9,20H,10-13,24H2,1-3H3,(H,28,29)(H,25,26,27). The van der Waals surface area contributed by atoms with Gasteiger partial charge in [-0.25, -0.2) is 19.3 Å². The van der Waals surface area contributed by atoms with Crippen molar-refractivity contribution in [2.45, 2.75) is 18.8 Å². The fraction of sp³-hybridized carbons (Fsp3) is 0.409. The molecule has 1 aliphatic heterocycles. The number of aromatic amines is 1. The smallest absolute Gasteiger partial charge is 0.223 e. The zero-order valence-corrected chi connectivity index (χ0v) is 18.4. The fourth-order valence-corrected chi connectivity index (χ4v) is 3.26. The van der Waals surface area contributed by atoms with Crippen LogP contribution in [-0.2, 0) is 9.47 Å². The number of nitrogens with zero attached hydrogens (tertiary/aromatic N) is 4. The Morgan fingerprint density at radius 3 is 2.59 bits per heavy atom. The highest BCUT2D eigenvalue weighted by Crippen LogP contribution is 2.33. The van der Waals surface area contributed by atoms with Gasteiger partial charge >= 0.3 is 0 Å². The summed E-state index contributed by atoms with van der Waals surface area (Å²) in [7, 11) is 4.01. The SMILES string of the molecule is CN(C)CCNc1nccc(-c2[nH]c(C3OCC(C)(N)CO3)nc2-c2ccc(F)cc2)n1. The second kappa shape index (κ2) is 9.29. The Bertz CT molecular complexity index is 1040. The lowest BCUT2D eigenvalue weighted by atomic mass is 10.1. The highest BCUT2D eigenvalue weighted by atomic mass is 19.1. The van der Waals surface area contributed by atoms with E-state index in [0.717, 1.165) is 12.1 Å². The first-order chi connectivity index (χ1) is 15.3. The molecule has 4 rings (SSSR count). The fourth-order valence-electron chi connectivity index (χ4n) is 3.26. The first kappa shape index (κ1) is 22.3. The van der Waals surface area contributed by atoms with E-state index in [9.17, 15) is 4.39 Å². The van der Waals surface area contributed by atoms with Gasteiger partial charge in [0.1, 0.15) is 5.82 Å². The van der Waals surface area contributed by atoms with Crippen molar-refractivity contribution in [3.63, 3.8) is 0 Å². The molecule has 170 valence electrons. The number of hydrogen-bond donors (Lipinski definition) is 3. The molecule has 1 aliphatic rings. The third-order valence-electron chi connectivity index (χ3n) is 4.95. The van der Waals surface area contributed by atoms with Crippen LogP contribution in [0.15, 0.2) is 36.5 Å². The summed E-state index contributed by atoms with van der Waals surface area (Å²) in [6.45, 7) is 4.10. The highest BCUT2D eigenvalue weighted by Gasteiger charge is 2.32. The average Bonchev–Trinajstić information content (AvgIpc) is 3.19. The van der Waals surface area contributed by atoms with Crippen molar-refractivity contribution < 1.29 is 13.9 Å². The molecule has 4 N–H and O–H groups in total. The molecular formula is C22H28FN7O2. The molecule has 1 aromatic carbocycles. The van der Waals surface area contributed by atoms with Crippen LogP contribution in [0.25, 0.3) is 22.6 Å². The molecule has 3 aromatic rings. The summed E-state index contributed by atoms with van der Waals surface area (Å²) in [6.07, 6.45) is 1.00. The zero-order valence-electron chi connectivity index (χ0n) is 18.4. The van der Waals surface area contributed by atoms with Crippen molar-refractivity contribution in [3.05, 3.63) is 48.2 Å². The average molecular weight is 442 g/mol. The molecule has 0 saturated carbocycles. The molecule has 0 spiro atoms. The topological polar surface area (TPSA) is 114 Å². The summed E-state index contributed by atoms with van der Waals surface area (Å²) < 4.78 is 25.1. The van der Waals surface area contributed by atoms with E-state index in [2.05, 4.69) is 25.2 Å². The van der Waals surface area contributed by atoms with E-state index >= 15 is 0 Å². The van der Waals surface area contributed by atoms with E-state index in [1.807, 2.05) is 21.0 Å². The molecule has 1 fully saturated rings. The van der Waals surface area contributed by atoms with Crippen LogP contribution in [0.1, 0.15) is 19.0 Å². The molecule has 0 bridgehead atoms. The Morgan fingerprint density at radius 2 is 1.91 bits per heavy atom. The van der Waals surface area contributed by atoms with Crippen molar-refractivity contribution >= 4 is 5.95 Å². The summed E-state index contributed by atoms with van der Waals surface area (Å²) in [4.78, 5) is 19.0. The Balaban J connectivity index is 1.67. The number of ether oxygens (including phenoxy) is 2. The normalized spacial score (nSPS) is 21.1. The first-order valence-corrected chi connectivity index (χ1v) is 10.4. The van der Waals surface area contributed by atoms with Gasteiger partial charge in [-0.05, 0) is 51.4 Å². The van der Waals surface area contributed by atoms with Crippen LogP contribution in [0.2, 0.25) is 0 Å². The number of anilines is 1. The minimum Gasteiger partial charge on any atom is -0.353 e. The van der Waals surface area contributed by atoms with Crippen molar-refractivity contribution in [2.24, 2.45) is 5.73 Å². The Morgan fingerprint density at radius 1 is 1.19 bits per heavy atom. The molecule has 0 atom stereocenters. The Kier molecular flexibility index (Phi) is 6.47. The Labute approximate surface area is 186 Å². The molecule has 1 saturated heterocycles. The van der Waals surface area contributed by atoms with Crippen LogP contribution in [0, 0.1) is 5.82 Å². The third-order valence-corrected chi connectivity index (χ3v) is 4.95. The number of H-pyrrole nitrogens is 1. The summed E-state index contributed by atoms with van der Waals surface area (Å²) in [5.41, 5.74) is 8.20. The van der Waals surface area contributed by atoms with Crippen molar-refractivity contribution in [3.8, 4) is 22.6 Å². The van der Waals surface area contributed by atoms with Gasteiger partial charge in [0.05, 0.1) is 35.8 Å². The van der Waals surface area contributed by atoms with Crippen LogP contribution in [-0.4, -0.2) is 70.8 Å². The maximum Gasteiger partial charge on any atom is 0.223 e. The van der Waals surface area contributed by atoms with Crippen molar-refractivity contribution in [1.82, 2.24) is 24.8 Å². The molecule has 3 heterocycles. The monoisotopic (exact) mass is 441 g/mol. The van der Waals surface area contributed by atoms with Crippen LogP contribution >= 0.6 is 0 Å². The van der Waals surface area contributed by atoms with Crippen LogP contribution < -0.4 is 11.1 Å². The second-order valence-electron chi connectivity index (χ2n) is 8.46. The third kappa shape index (κ3) is 5.28. The number of nitrogens with one attached hydrogen (secondary N) is 2. The summed E-state index contributed by atoms with van der Waals surface area (Å²) in [5.74, 6) is 0.687. The van der Waals surface area contributed by atoms with Gasteiger partial charge in [-0.2, -0.15) is 0 Å².